The van der Waals surface area contributed by atoms with E-state index in [0.717, 1.165) is 31.8 Å². The third-order valence-corrected chi connectivity index (χ3v) is 5.99. The fraction of sp³-hybridized carbons (Fsp3) is 0.682. The average Bonchev–Trinajstić information content (AvgIpc) is 3.14. The minimum atomic E-state index is -0.101. The van der Waals surface area contributed by atoms with Gasteiger partial charge < -0.3 is 10.6 Å². The largest absolute Gasteiger partial charge is 0.352 e. The van der Waals surface area contributed by atoms with Gasteiger partial charge in [-0.2, -0.15) is 0 Å². The molecule has 3 unspecified atom stereocenters. The molecule has 2 fully saturated rings. The van der Waals surface area contributed by atoms with E-state index in [1.807, 2.05) is 7.05 Å². The Morgan fingerprint density at radius 3 is 2.58 bits per heavy atom. The molecule has 4 nitrogen and oxygen atoms in total. The van der Waals surface area contributed by atoms with Crippen LogP contribution in [0, 0.1) is 17.3 Å². The van der Waals surface area contributed by atoms with Crippen LogP contribution in [-0.4, -0.2) is 43.0 Å². The van der Waals surface area contributed by atoms with Crippen molar-refractivity contribution in [3.05, 3.63) is 35.9 Å². The fourth-order valence-electron chi connectivity index (χ4n) is 4.73. The molecule has 0 bridgehead atoms. The zero-order chi connectivity index (χ0) is 18.7. The van der Waals surface area contributed by atoms with Crippen molar-refractivity contribution < 1.29 is 4.79 Å². The highest BCUT2D eigenvalue weighted by atomic mass is 16.2. The van der Waals surface area contributed by atoms with E-state index in [4.69, 9.17) is 0 Å². The first-order valence-electron chi connectivity index (χ1n) is 10.1. The summed E-state index contributed by atoms with van der Waals surface area (Å²) in [7, 11) is 1.89. The summed E-state index contributed by atoms with van der Waals surface area (Å²) < 4.78 is 0. The average molecular weight is 358 g/mol. The molecule has 1 aromatic carbocycles. The lowest BCUT2D eigenvalue weighted by atomic mass is 9.87. The van der Waals surface area contributed by atoms with Crippen LogP contribution in [0.5, 0.6) is 0 Å². The predicted molar refractivity (Wildman–Crippen MR) is 107 cm³/mol. The molecule has 0 spiro atoms. The summed E-state index contributed by atoms with van der Waals surface area (Å²) in [6, 6.07) is 10.9. The molecule has 2 N–H and O–H groups in total. The summed E-state index contributed by atoms with van der Waals surface area (Å²) in [4.78, 5) is 15.3. The highest BCUT2D eigenvalue weighted by Crippen LogP contribution is 2.38. The summed E-state index contributed by atoms with van der Waals surface area (Å²) in [5, 5.41) is 6.59. The molecule has 1 saturated carbocycles. The van der Waals surface area contributed by atoms with Crippen molar-refractivity contribution in [2.45, 2.75) is 58.7 Å². The lowest BCUT2D eigenvalue weighted by Gasteiger charge is -2.28. The number of amides is 1. The number of hydrogen-bond donors (Lipinski definition) is 2. The van der Waals surface area contributed by atoms with Crippen LogP contribution in [0.4, 0.5) is 0 Å². The summed E-state index contributed by atoms with van der Waals surface area (Å²) >= 11 is 0. The minimum Gasteiger partial charge on any atom is -0.352 e. The van der Waals surface area contributed by atoms with Crippen LogP contribution in [0.15, 0.2) is 30.3 Å². The Morgan fingerprint density at radius 1 is 1.19 bits per heavy atom. The van der Waals surface area contributed by atoms with Crippen molar-refractivity contribution >= 4 is 5.91 Å². The van der Waals surface area contributed by atoms with Gasteiger partial charge in [-0.15, -0.1) is 0 Å². The monoisotopic (exact) mass is 357 g/mol. The molecule has 1 saturated heterocycles. The van der Waals surface area contributed by atoms with Gasteiger partial charge in [0.25, 0.3) is 0 Å². The lowest BCUT2D eigenvalue weighted by molar-refractivity contribution is -0.124. The summed E-state index contributed by atoms with van der Waals surface area (Å²) in [5.74, 6) is 1.52. The van der Waals surface area contributed by atoms with Gasteiger partial charge in [0, 0.05) is 25.7 Å². The van der Waals surface area contributed by atoms with Gasteiger partial charge >= 0.3 is 0 Å². The normalized spacial score (nSPS) is 27.3. The van der Waals surface area contributed by atoms with E-state index < -0.39 is 0 Å². The van der Waals surface area contributed by atoms with E-state index in [1.165, 1.54) is 18.5 Å². The van der Waals surface area contributed by atoms with Crippen molar-refractivity contribution in [3.63, 3.8) is 0 Å². The maximum Gasteiger partial charge on any atom is 0.237 e. The van der Waals surface area contributed by atoms with Crippen LogP contribution in [0.3, 0.4) is 0 Å². The summed E-state index contributed by atoms with van der Waals surface area (Å²) in [6.45, 7) is 9.87. The van der Waals surface area contributed by atoms with Crippen molar-refractivity contribution in [2.75, 3.05) is 20.1 Å². The molecule has 1 amide bonds. The van der Waals surface area contributed by atoms with Crippen LogP contribution in [0.1, 0.15) is 45.6 Å². The van der Waals surface area contributed by atoms with E-state index in [9.17, 15) is 4.79 Å². The molecule has 0 radical (unpaired) electrons. The Kier molecular flexibility index (Phi) is 6.03. The molecule has 1 aliphatic carbocycles. The number of likely N-dealkylation sites (tertiary alicyclic amines) is 1. The Morgan fingerprint density at radius 2 is 1.92 bits per heavy atom. The molecule has 3 rings (SSSR count). The zero-order valence-corrected chi connectivity index (χ0v) is 16.8. The standard InChI is InChI=1S/C22H35N3O/c1-22(2,3)12-20(23-4)21(26)24-19-11-10-17-14-25(15-18(17)19)13-16-8-6-5-7-9-16/h5-9,17-20,23H,10-15H2,1-4H3,(H,24,26)/t17-,18?,19?,20?/m0/s1. The van der Waals surface area contributed by atoms with Crippen LogP contribution in [0.2, 0.25) is 0 Å². The number of hydrogen-bond acceptors (Lipinski definition) is 3. The van der Waals surface area contributed by atoms with Crippen molar-refractivity contribution in [2.24, 2.45) is 17.3 Å². The molecule has 1 aliphatic heterocycles. The van der Waals surface area contributed by atoms with E-state index in [-0.39, 0.29) is 17.4 Å². The highest BCUT2D eigenvalue weighted by molar-refractivity contribution is 5.82. The van der Waals surface area contributed by atoms with E-state index >= 15 is 0 Å². The Bertz CT molecular complexity index is 595. The minimum absolute atomic E-state index is 0.101. The molecule has 0 aromatic heterocycles. The van der Waals surface area contributed by atoms with Crippen LogP contribution in [0.25, 0.3) is 0 Å². The molecule has 144 valence electrons. The number of benzene rings is 1. The number of carbonyl (C=O) groups excluding carboxylic acids is 1. The third-order valence-electron chi connectivity index (χ3n) is 5.99. The number of likely N-dealkylation sites (N-methyl/N-ethyl adjacent to an activating group) is 1. The number of fused-ring (bicyclic) bond motifs is 1. The number of rotatable bonds is 6. The topological polar surface area (TPSA) is 44.4 Å². The molecule has 26 heavy (non-hydrogen) atoms. The molecular weight excluding hydrogens is 322 g/mol. The summed E-state index contributed by atoms with van der Waals surface area (Å²) in [6.07, 6.45) is 3.23. The predicted octanol–water partition coefficient (Wildman–Crippen LogP) is 3.04. The maximum absolute atomic E-state index is 12.8. The van der Waals surface area contributed by atoms with Crippen LogP contribution < -0.4 is 10.6 Å². The second-order valence-corrected chi connectivity index (χ2v) is 9.40. The van der Waals surface area contributed by atoms with Crippen LogP contribution >= 0.6 is 0 Å². The van der Waals surface area contributed by atoms with Crippen LogP contribution in [-0.2, 0) is 11.3 Å². The van der Waals surface area contributed by atoms with Gasteiger partial charge in [-0.25, -0.2) is 0 Å². The Labute approximate surface area is 158 Å². The second-order valence-electron chi connectivity index (χ2n) is 9.40. The van der Waals surface area contributed by atoms with E-state index in [2.05, 4.69) is 66.6 Å². The summed E-state index contributed by atoms with van der Waals surface area (Å²) in [5.41, 5.74) is 1.52. The van der Waals surface area contributed by atoms with Gasteiger partial charge in [-0.05, 0) is 49.1 Å². The number of nitrogens with one attached hydrogen (secondary N) is 2. The number of carbonyl (C=O) groups is 1. The molecule has 2 aliphatic rings. The fourth-order valence-corrected chi connectivity index (χ4v) is 4.73. The third kappa shape index (κ3) is 4.86. The Hall–Kier alpha value is -1.39. The van der Waals surface area contributed by atoms with Crippen molar-refractivity contribution in [1.29, 1.82) is 0 Å². The maximum atomic E-state index is 12.8. The smallest absolute Gasteiger partial charge is 0.237 e. The van der Waals surface area contributed by atoms with Gasteiger partial charge in [-0.1, -0.05) is 51.1 Å². The van der Waals surface area contributed by atoms with Crippen molar-refractivity contribution in [1.82, 2.24) is 15.5 Å². The number of nitrogens with zero attached hydrogens (tertiary/aromatic N) is 1. The SMILES string of the molecule is CNC(CC(C)(C)C)C(=O)NC1CC[C@H]2CN(Cc3ccccc3)CC12. The first kappa shape index (κ1) is 19.4. The first-order chi connectivity index (χ1) is 12.4. The van der Waals surface area contributed by atoms with Gasteiger partial charge in [0.1, 0.15) is 0 Å². The Balaban J connectivity index is 1.55. The quantitative estimate of drug-likeness (QED) is 0.822. The molecule has 4 heteroatoms. The van der Waals surface area contributed by atoms with E-state index in [0.29, 0.717) is 12.0 Å². The lowest BCUT2D eigenvalue weighted by Crippen LogP contribution is -2.49. The molecule has 1 heterocycles. The molecular formula is C22H35N3O. The van der Waals surface area contributed by atoms with Gasteiger partial charge in [-0.3, -0.25) is 9.69 Å². The van der Waals surface area contributed by atoms with Gasteiger partial charge in [0.15, 0.2) is 0 Å². The van der Waals surface area contributed by atoms with Gasteiger partial charge in [0.05, 0.1) is 6.04 Å². The molecule has 4 atom stereocenters. The first-order valence-corrected chi connectivity index (χ1v) is 10.1. The van der Waals surface area contributed by atoms with Crippen molar-refractivity contribution in [3.8, 4) is 0 Å². The molecule has 1 aromatic rings. The zero-order valence-electron chi connectivity index (χ0n) is 16.8. The highest BCUT2D eigenvalue weighted by Gasteiger charge is 2.43. The van der Waals surface area contributed by atoms with E-state index in [1.54, 1.807) is 0 Å². The second kappa shape index (κ2) is 8.10. The van der Waals surface area contributed by atoms with Gasteiger partial charge in [0.2, 0.25) is 5.91 Å².